The van der Waals surface area contributed by atoms with Gasteiger partial charge in [-0.15, -0.1) is 0 Å². The third-order valence-corrected chi connectivity index (χ3v) is 6.14. The van der Waals surface area contributed by atoms with Gasteiger partial charge in [0.1, 0.15) is 6.04 Å². The molecule has 1 aliphatic rings. The van der Waals surface area contributed by atoms with E-state index in [9.17, 15) is 10.1 Å². The molecular formula is C29H26N6O2. The average molecular weight is 491 g/mol. The lowest BCUT2D eigenvalue weighted by molar-refractivity contribution is 0.0945. The highest BCUT2D eigenvalue weighted by molar-refractivity contribution is 5.95. The number of aromatic nitrogens is 2. The first-order chi connectivity index (χ1) is 18.2. The quantitative estimate of drug-likeness (QED) is 0.386. The molecule has 0 aliphatic carbocycles. The normalized spacial score (nSPS) is 13.9. The number of benzene rings is 3. The monoisotopic (exact) mass is 490 g/mol. The number of rotatable bonds is 7. The van der Waals surface area contributed by atoms with Crippen molar-refractivity contribution >= 4 is 23.2 Å². The van der Waals surface area contributed by atoms with Gasteiger partial charge in [0.05, 0.1) is 25.0 Å². The molecule has 2 N–H and O–H groups in total. The lowest BCUT2D eigenvalue weighted by atomic mass is 10.1. The van der Waals surface area contributed by atoms with Crippen LogP contribution in [0.4, 0.5) is 17.3 Å². The van der Waals surface area contributed by atoms with Crippen molar-refractivity contribution in [3.8, 4) is 17.3 Å². The smallest absolute Gasteiger partial charge is 0.252 e. The third-order valence-electron chi connectivity index (χ3n) is 6.14. The number of carbonyl (C=O) groups is 1. The predicted octanol–water partition coefficient (Wildman–Crippen LogP) is 4.72. The number of ether oxygens (including phenoxy) is 1. The first-order valence-corrected chi connectivity index (χ1v) is 12.1. The van der Waals surface area contributed by atoms with Crippen molar-refractivity contribution in [1.29, 1.82) is 5.26 Å². The fraction of sp³-hybridized carbons (Fsp3) is 0.172. The van der Waals surface area contributed by atoms with E-state index in [-0.39, 0.29) is 5.91 Å². The largest absolute Gasteiger partial charge is 0.378 e. The molecule has 0 radical (unpaired) electrons. The second-order valence-corrected chi connectivity index (χ2v) is 8.56. The molecule has 1 fully saturated rings. The SMILES string of the molecule is N#CC(NC(=O)c1ccc(-c2ccnc(Nc3ccc(N4CCOCC4)cc3)n2)cc1)c1ccccc1. The molecule has 1 unspecified atom stereocenters. The van der Waals surface area contributed by atoms with E-state index in [1.807, 2.05) is 60.7 Å². The summed E-state index contributed by atoms with van der Waals surface area (Å²) in [6, 6.07) is 27.7. The number of amides is 1. The maximum Gasteiger partial charge on any atom is 0.252 e. The zero-order chi connectivity index (χ0) is 25.5. The summed E-state index contributed by atoms with van der Waals surface area (Å²) in [5, 5.41) is 15.5. The molecular weight excluding hydrogens is 464 g/mol. The lowest BCUT2D eigenvalue weighted by Crippen LogP contribution is -2.36. The molecule has 1 aliphatic heterocycles. The first-order valence-electron chi connectivity index (χ1n) is 12.1. The van der Waals surface area contributed by atoms with E-state index < -0.39 is 6.04 Å². The summed E-state index contributed by atoms with van der Waals surface area (Å²) < 4.78 is 5.42. The Morgan fingerprint density at radius 3 is 2.38 bits per heavy atom. The van der Waals surface area contributed by atoms with Crippen LogP contribution in [0.5, 0.6) is 0 Å². The molecule has 1 saturated heterocycles. The van der Waals surface area contributed by atoms with Crippen LogP contribution in [0.15, 0.2) is 91.1 Å². The molecule has 5 rings (SSSR count). The number of carbonyl (C=O) groups excluding carboxylic acids is 1. The number of hydrogen-bond acceptors (Lipinski definition) is 7. The molecule has 8 heteroatoms. The van der Waals surface area contributed by atoms with Crippen LogP contribution in [-0.4, -0.2) is 42.2 Å². The Kier molecular flexibility index (Phi) is 7.34. The van der Waals surface area contributed by atoms with E-state index in [1.54, 1.807) is 18.3 Å². The van der Waals surface area contributed by atoms with Crippen LogP contribution in [0, 0.1) is 11.3 Å². The minimum Gasteiger partial charge on any atom is -0.378 e. The van der Waals surface area contributed by atoms with E-state index in [2.05, 4.69) is 43.7 Å². The van der Waals surface area contributed by atoms with E-state index >= 15 is 0 Å². The van der Waals surface area contributed by atoms with Gasteiger partial charge >= 0.3 is 0 Å². The van der Waals surface area contributed by atoms with Crippen LogP contribution in [0.3, 0.4) is 0 Å². The molecule has 4 aromatic rings. The van der Waals surface area contributed by atoms with Crippen LogP contribution in [0.1, 0.15) is 22.0 Å². The maximum absolute atomic E-state index is 12.7. The number of nitriles is 1. The number of morpholine rings is 1. The Labute approximate surface area is 215 Å². The molecule has 37 heavy (non-hydrogen) atoms. The minimum atomic E-state index is -0.716. The summed E-state index contributed by atoms with van der Waals surface area (Å²) in [7, 11) is 0. The first kappa shape index (κ1) is 24.0. The zero-order valence-corrected chi connectivity index (χ0v) is 20.2. The van der Waals surface area contributed by atoms with Crippen molar-refractivity contribution in [2.45, 2.75) is 6.04 Å². The second kappa shape index (κ2) is 11.3. The fourth-order valence-electron chi connectivity index (χ4n) is 4.13. The lowest BCUT2D eigenvalue weighted by Gasteiger charge is -2.28. The molecule has 0 bridgehead atoms. The van der Waals surface area contributed by atoms with Crippen LogP contribution >= 0.6 is 0 Å². The molecule has 184 valence electrons. The molecule has 3 aromatic carbocycles. The summed E-state index contributed by atoms with van der Waals surface area (Å²) >= 11 is 0. The minimum absolute atomic E-state index is 0.312. The topological polar surface area (TPSA) is 103 Å². The van der Waals surface area contributed by atoms with Crippen LogP contribution in [0.2, 0.25) is 0 Å². The maximum atomic E-state index is 12.7. The van der Waals surface area contributed by atoms with E-state index in [0.717, 1.165) is 54.5 Å². The van der Waals surface area contributed by atoms with Gasteiger partial charge in [-0.25, -0.2) is 9.97 Å². The summed E-state index contributed by atoms with van der Waals surface area (Å²) in [6.45, 7) is 3.29. The van der Waals surface area contributed by atoms with Crippen molar-refractivity contribution in [3.63, 3.8) is 0 Å². The average Bonchev–Trinajstić information content (AvgIpc) is 2.97. The Bertz CT molecular complexity index is 1380. The predicted molar refractivity (Wildman–Crippen MR) is 142 cm³/mol. The number of nitrogens with zero attached hydrogens (tertiary/aromatic N) is 4. The molecule has 0 saturated carbocycles. The second-order valence-electron chi connectivity index (χ2n) is 8.56. The molecule has 2 heterocycles. The summed E-state index contributed by atoms with van der Waals surface area (Å²) in [5.41, 5.74) is 4.85. The Balaban J connectivity index is 1.24. The van der Waals surface area contributed by atoms with Gasteiger partial charge in [-0.2, -0.15) is 5.26 Å². The van der Waals surface area contributed by atoms with E-state index in [1.165, 1.54) is 0 Å². The van der Waals surface area contributed by atoms with E-state index in [4.69, 9.17) is 4.74 Å². The fourth-order valence-corrected chi connectivity index (χ4v) is 4.13. The summed E-state index contributed by atoms with van der Waals surface area (Å²) in [4.78, 5) is 24.0. The Morgan fingerprint density at radius 1 is 0.946 bits per heavy atom. The van der Waals surface area contributed by atoms with Gasteiger partial charge in [0, 0.05) is 41.8 Å². The van der Waals surface area contributed by atoms with Crippen molar-refractivity contribution in [2.75, 3.05) is 36.5 Å². The summed E-state index contributed by atoms with van der Waals surface area (Å²) in [6.07, 6.45) is 1.70. The Hall–Kier alpha value is -4.74. The highest BCUT2D eigenvalue weighted by atomic mass is 16.5. The van der Waals surface area contributed by atoms with Gasteiger partial charge in [-0.05, 0) is 48.0 Å². The van der Waals surface area contributed by atoms with Crippen molar-refractivity contribution < 1.29 is 9.53 Å². The van der Waals surface area contributed by atoms with Gasteiger partial charge in [0.15, 0.2) is 0 Å². The highest BCUT2D eigenvalue weighted by Gasteiger charge is 2.15. The third kappa shape index (κ3) is 5.92. The molecule has 1 aromatic heterocycles. The molecule has 8 nitrogen and oxygen atoms in total. The van der Waals surface area contributed by atoms with Crippen molar-refractivity contribution in [1.82, 2.24) is 15.3 Å². The van der Waals surface area contributed by atoms with Crippen LogP contribution in [0.25, 0.3) is 11.3 Å². The zero-order valence-electron chi connectivity index (χ0n) is 20.2. The number of anilines is 3. The van der Waals surface area contributed by atoms with Crippen molar-refractivity contribution in [2.24, 2.45) is 0 Å². The standard InChI is InChI=1S/C29H26N6O2/c30-20-27(21-4-2-1-3-5-21)33-28(36)23-8-6-22(7-9-23)26-14-15-31-29(34-26)32-24-10-12-25(13-11-24)35-16-18-37-19-17-35/h1-15,27H,16-19H2,(H,33,36)(H,31,32,34). The van der Waals surface area contributed by atoms with E-state index in [0.29, 0.717) is 11.5 Å². The highest BCUT2D eigenvalue weighted by Crippen LogP contribution is 2.23. The van der Waals surface area contributed by atoms with Crippen LogP contribution in [-0.2, 0) is 4.74 Å². The molecule has 0 spiro atoms. The van der Waals surface area contributed by atoms with Gasteiger partial charge in [-0.1, -0.05) is 42.5 Å². The van der Waals surface area contributed by atoms with Gasteiger partial charge in [-0.3, -0.25) is 4.79 Å². The van der Waals surface area contributed by atoms with Crippen molar-refractivity contribution in [3.05, 3.63) is 102 Å². The van der Waals surface area contributed by atoms with Crippen LogP contribution < -0.4 is 15.5 Å². The molecule has 1 amide bonds. The number of nitrogens with one attached hydrogen (secondary N) is 2. The number of hydrogen-bond donors (Lipinski definition) is 2. The summed E-state index contributed by atoms with van der Waals surface area (Å²) in [5.74, 6) is 0.172. The van der Waals surface area contributed by atoms with Gasteiger partial charge < -0.3 is 20.3 Å². The van der Waals surface area contributed by atoms with Gasteiger partial charge in [0.25, 0.3) is 5.91 Å². The van der Waals surface area contributed by atoms with Gasteiger partial charge in [0.2, 0.25) is 5.95 Å². The molecule has 1 atom stereocenters. The Morgan fingerprint density at radius 2 is 1.68 bits per heavy atom.